The van der Waals surface area contributed by atoms with Gasteiger partial charge in [0, 0.05) is 18.7 Å². The molecule has 0 saturated heterocycles. The summed E-state index contributed by atoms with van der Waals surface area (Å²) in [6, 6.07) is 0. The van der Waals surface area contributed by atoms with E-state index in [9.17, 15) is 9.59 Å². The zero-order chi connectivity index (χ0) is 14.1. The zero-order valence-electron chi connectivity index (χ0n) is 11.5. The van der Waals surface area contributed by atoms with Crippen molar-refractivity contribution >= 4 is 23.6 Å². The Bertz CT molecular complexity index is 304. The number of hydrogen-bond acceptors (Lipinski definition) is 4. The number of carbonyl (C=O) groups is 2. The highest BCUT2D eigenvalue weighted by atomic mass is 32.2. The summed E-state index contributed by atoms with van der Waals surface area (Å²) in [5.41, 5.74) is 10.9. The van der Waals surface area contributed by atoms with Crippen molar-refractivity contribution in [3.8, 4) is 0 Å². The van der Waals surface area contributed by atoms with E-state index in [2.05, 4.69) is 5.32 Å². The van der Waals surface area contributed by atoms with Crippen LogP contribution in [0.2, 0.25) is 0 Å². The molecule has 110 valence electrons. The van der Waals surface area contributed by atoms with Crippen molar-refractivity contribution in [2.45, 2.75) is 38.5 Å². The Morgan fingerprint density at radius 3 is 2.47 bits per heavy atom. The van der Waals surface area contributed by atoms with Crippen LogP contribution in [0.1, 0.15) is 38.5 Å². The van der Waals surface area contributed by atoms with E-state index in [1.807, 2.05) is 0 Å². The molecule has 1 rings (SSSR count). The lowest BCUT2D eigenvalue weighted by Gasteiger charge is -2.35. The summed E-state index contributed by atoms with van der Waals surface area (Å²) in [5.74, 6) is 0.778. The predicted octanol–water partition coefficient (Wildman–Crippen LogP) is 0.620. The first kappa shape index (κ1) is 16.3. The van der Waals surface area contributed by atoms with Crippen LogP contribution in [0.3, 0.4) is 0 Å². The second-order valence-electron chi connectivity index (χ2n) is 5.31. The first-order valence-electron chi connectivity index (χ1n) is 6.91. The van der Waals surface area contributed by atoms with Crippen molar-refractivity contribution in [1.82, 2.24) is 5.32 Å². The summed E-state index contributed by atoms with van der Waals surface area (Å²) in [6.45, 7) is 1.17. The quantitative estimate of drug-likeness (QED) is 0.570. The minimum atomic E-state index is -0.319. The average Bonchev–Trinajstić information content (AvgIpc) is 2.39. The van der Waals surface area contributed by atoms with Gasteiger partial charge >= 0.3 is 0 Å². The van der Waals surface area contributed by atoms with Crippen LogP contribution in [0, 0.1) is 5.41 Å². The third-order valence-electron chi connectivity index (χ3n) is 3.70. The lowest BCUT2D eigenvalue weighted by molar-refractivity contribution is -0.123. The van der Waals surface area contributed by atoms with Crippen LogP contribution in [-0.2, 0) is 9.59 Å². The minimum Gasteiger partial charge on any atom is -0.369 e. The maximum Gasteiger partial charge on any atom is 0.227 e. The predicted molar refractivity (Wildman–Crippen MR) is 78.7 cm³/mol. The Labute approximate surface area is 119 Å². The van der Waals surface area contributed by atoms with Crippen LogP contribution in [0.25, 0.3) is 0 Å². The van der Waals surface area contributed by atoms with Crippen LogP contribution in [0.4, 0.5) is 0 Å². The molecule has 0 radical (unpaired) electrons. The fourth-order valence-electron chi connectivity index (χ4n) is 2.59. The topological polar surface area (TPSA) is 98.2 Å². The number of nitrogens with two attached hydrogens (primary N) is 2. The molecule has 5 N–H and O–H groups in total. The van der Waals surface area contributed by atoms with Gasteiger partial charge in [-0.3, -0.25) is 9.59 Å². The monoisotopic (exact) mass is 287 g/mol. The molecule has 6 heteroatoms. The normalized spacial score (nSPS) is 17.9. The molecule has 0 aliphatic heterocycles. The van der Waals surface area contributed by atoms with Crippen molar-refractivity contribution < 1.29 is 9.59 Å². The fraction of sp³-hybridized carbons (Fsp3) is 0.846. The lowest BCUT2D eigenvalue weighted by Crippen LogP contribution is -2.39. The van der Waals surface area contributed by atoms with E-state index in [1.165, 1.54) is 31.0 Å². The minimum absolute atomic E-state index is 0.0166. The van der Waals surface area contributed by atoms with Gasteiger partial charge in [-0.05, 0) is 24.8 Å². The number of nitrogens with one attached hydrogen (secondary N) is 1. The Balaban J connectivity index is 2.20. The number of thioether (sulfide) groups is 1. The summed E-state index contributed by atoms with van der Waals surface area (Å²) in [5, 5.41) is 2.90. The van der Waals surface area contributed by atoms with Crippen LogP contribution < -0.4 is 16.8 Å². The van der Waals surface area contributed by atoms with Crippen LogP contribution in [0.5, 0.6) is 0 Å². The van der Waals surface area contributed by atoms with E-state index in [-0.39, 0.29) is 17.2 Å². The summed E-state index contributed by atoms with van der Waals surface area (Å²) in [7, 11) is 0. The van der Waals surface area contributed by atoms with E-state index in [4.69, 9.17) is 11.5 Å². The second-order valence-corrected chi connectivity index (χ2v) is 6.42. The van der Waals surface area contributed by atoms with E-state index < -0.39 is 0 Å². The molecule has 5 nitrogen and oxygen atoms in total. The molecule has 1 aliphatic carbocycles. The van der Waals surface area contributed by atoms with Gasteiger partial charge in [-0.15, -0.1) is 0 Å². The molecule has 2 amide bonds. The van der Waals surface area contributed by atoms with Gasteiger partial charge in [-0.2, -0.15) is 11.8 Å². The number of rotatable bonds is 8. The Hall–Kier alpha value is -0.750. The highest BCUT2D eigenvalue weighted by molar-refractivity contribution is 7.99. The zero-order valence-corrected chi connectivity index (χ0v) is 12.3. The smallest absolute Gasteiger partial charge is 0.227 e. The largest absolute Gasteiger partial charge is 0.369 e. The first-order valence-corrected chi connectivity index (χ1v) is 8.06. The molecule has 0 heterocycles. The maximum absolute atomic E-state index is 11.9. The highest BCUT2D eigenvalue weighted by Gasteiger charge is 2.32. The Morgan fingerprint density at radius 2 is 1.89 bits per heavy atom. The van der Waals surface area contributed by atoms with Gasteiger partial charge in [-0.1, -0.05) is 19.3 Å². The molecule has 0 unspecified atom stereocenters. The van der Waals surface area contributed by atoms with Crippen LogP contribution in [0.15, 0.2) is 0 Å². The van der Waals surface area contributed by atoms with Gasteiger partial charge < -0.3 is 16.8 Å². The second kappa shape index (κ2) is 8.43. The van der Waals surface area contributed by atoms with Crippen molar-refractivity contribution in [2.75, 3.05) is 24.6 Å². The van der Waals surface area contributed by atoms with Gasteiger partial charge in [0.15, 0.2) is 0 Å². The fourth-order valence-corrected chi connectivity index (χ4v) is 3.19. The molecule has 1 aliphatic rings. The van der Waals surface area contributed by atoms with Crippen molar-refractivity contribution in [3.63, 3.8) is 0 Å². The molecular formula is C13H25N3O2S. The molecule has 0 aromatic carbocycles. The third kappa shape index (κ3) is 6.29. The van der Waals surface area contributed by atoms with Crippen LogP contribution >= 0.6 is 11.8 Å². The van der Waals surface area contributed by atoms with E-state index in [0.717, 1.165) is 12.8 Å². The van der Waals surface area contributed by atoms with E-state index in [1.54, 1.807) is 0 Å². The standard InChI is InChI=1S/C13H25N3O2S/c14-10-13(4-2-1-3-5-13)8-12(18)16-6-7-19-9-11(15)17/h1-10,14H2,(H2,15,17)(H,16,18). The average molecular weight is 287 g/mol. The molecule has 0 aromatic rings. The summed E-state index contributed by atoms with van der Waals surface area (Å²) in [4.78, 5) is 22.4. The summed E-state index contributed by atoms with van der Waals surface area (Å²) in [6.07, 6.45) is 6.27. The first-order chi connectivity index (χ1) is 9.08. The number of amides is 2. The van der Waals surface area contributed by atoms with Gasteiger partial charge in [0.25, 0.3) is 0 Å². The molecule has 0 aromatic heterocycles. The molecule has 1 fully saturated rings. The Morgan fingerprint density at radius 1 is 1.21 bits per heavy atom. The SMILES string of the molecule is NCC1(CC(=O)NCCSCC(N)=O)CCCCC1. The number of hydrogen-bond donors (Lipinski definition) is 3. The van der Waals surface area contributed by atoms with Crippen molar-refractivity contribution in [1.29, 1.82) is 0 Å². The van der Waals surface area contributed by atoms with Crippen LogP contribution in [-0.4, -0.2) is 36.4 Å². The van der Waals surface area contributed by atoms with Crippen molar-refractivity contribution in [3.05, 3.63) is 0 Å². The number of carbonyl (C=O) groups excluding carboxylic acids is 2. The van der Waals surface area contributed by atoms with Gasteiger partial charge in [0.2, 0.25) is 11.8 Å². The lowest BCUT2D eigenvalue weighted by atomic mass is 9.72. The third-order valence-corrected chi connectivity index (χ3v) is 4.68. The molecule has 1 saturated carbocycles. The van der Waals surface area contributed by atoms with Crippen molar-refractivity contribution in [2.24, 2.45) is 16.9 Å². The Kier molecular flexibility index (Phi) is 7.23. The molecule has 19 heavy (non-hydrogen) atoms. The van der Waals surface area contributed by atoms with E-state index >= 15 is 0 Å². The van der Waals surface area contributed by atoms with Gasteiger partial charge in [0.1, 0.15) is 0 Å². The molecular weight excluding hydrogens is 262 g/mol. The van der Waals surface area contributed by atoms with Gasteiger partial charge in [0.05, 0.1) is 5.75 Å². The highest BCUT2D eigenvalue weighted by Crippen LogP contribution is 2.38. The molecule has 0 bridgehead atoms. The molecule has 0 spiro atoms. The number of primary amides is 1. The van der Waals surface area contributed by atoms with Gasteiger partial charge in [-0.25, -0.2) is 0 Å². The maximum atomic E-state index is 11.9. The molecule has 0 atom stereocenters. The summed E-state index contributed by atoms with van der Waals surface area (Å²) < 4.78 is 0. The van der Waals surface area contributed by atoms with E-state index in [0.29, 0.717) is 31.0 Å². The summed E-state index contributed by atoms with van der Waals surface area (Å²) >= 11 is 1.44.